The predicted molar refractivity (Wildman–Crippen MR) is 63.9 cm³/mol. The van der Waals surface area contributed by atoms with Gasteiger partial charge in [0.1, 0.15) is 10.1 Å². The first kappa shape index (κ1) is 14.0. The van der Waals surface area contributed by atoms with Crippen LogP contribution in [-0.2, 0) is 14.3 Å². The topological polar surface area (TPSA) is 35.5 Å². The molecule has 1 aliphatic carbocycles. The summed E-state index contributed by atoms with van der Waals surface area (Å²) in [5.41, 5.74) is 0. The molecule has 0 unspecified atom stereocenters. The van der Waals surface area contributed by atoms with Crippen molar-refractivity contribution in [1.82, 2.24) is 0 Å². The molecule has 0 amide bonds. The van der Waals surface area contributed by atoms with Crippen LogP contribution in [0, 0.1) is 0 Å². The van der Waals surface area contributed by atoms with Crippen LogP contribution in [0.1, 0.15) is 6.42 Å². The molecule has 0 aromatic carbocycles. The van der Waals surface area contributed by atoms with E-state index < -0.39 is 16.4 Å². The maximum atomic E-state index is 11.9. The summed E-state index contributed by atoms with van der Waals surface area (Å²) in [6, 6.07) is 0. The molecule has 0 aromatic heterocycles. The lowest BCUT2D eigenvalue weighted by Gasteiger charge is -2.37. The molecule has 0 N–H and O–H groups in total. The Morgan fingerprint density at radius 2 is 1.88 bits per heavy atom. The zero-order valence-electron chi connectivity index (χ0n) is 8.85. The van der Waals surface area contributed by atoms with Crippen molar-refractivity contribution in [3.05, 3.63) is 22.7 Å². The summed E-state index contributed by atoms with van der Waals surface area (Å²) >= 11 is 18.0. The van der Waals surface area contributed by atoms with Gasteiger partial charge < -0.3 is 9.47 Å². The Labute approximate surface area is 109 Å². The van der Waals surface area contributed by atoms with Crippen LogP contribution in [0.15, 0.2) is 22.7 Å². The monoisotopic (exact) mass is 284 g/mol. The fourth-order valence-corrected chi connectivity index (χ4v) is 2.99. The highest BCUT2D eigenvalue weighted by molar-refractivity contribution is 6.57. The van der Waals surface area contributed by atoms with Gasteiger partial charge in [0.15, 0.2) is 4.87 Å². The van der Waals surface area contributed by atoms with Crippen LogP contribution < -0.4 is 0 Å². The number of carbonyl (C=O) groups excluding carboxylic acids is 1. The van der Waals surface area contributed by atoms with E-state index in [0.717, 1.165) is 0 Å². The minimum absolute atomic E-state index is 0.0407. The summed E-state index contributed by atoms with van der Waals surface area (Å²) in [6.45, 7) is 3.54. The molecule has 0 saturated carbocycles. The van der Waals surface area contributed by atoms with Gasteiger partial charge in [-0.3, -0.25) is 4.79 Å². The smallest absolute Gasteiger partial charge is 0.234 e. The Morgan fingerprint density at radius 3 is 2.25 bits per heavy atom. The SMILES string of the molecule is C=CC[C@]1(Cl)C(=O)C(Cl)=C(Cl)C1(OC)OC. The lowest BCUT2D eigenvalue weighted by molar-refractivity contribution is -0.192. The molecule has 0 heterocycles. The Bertz CT molecular complexity index is 360. The predicted octanol–water partition coefficient (Wildman–Crippen LogP) is 2.80. The number of hydrogen-bond acceptors (Lipinski definition) is 3. The average Bonchev–Trinajstić information content (AvgIpc) is 2.41. The molecule has 16 heavy (non-hydrogen) atoms. The molecule has 1 rings (SSSR count). The zero-order chi connectivity index (χ0) is 12.6. The van der Waals surface area contributed by atoms with E-state index in [1.54, 1.807) is 0 Å². The van der Waals surface area contributed by atoms with Gasteiger partial charge in [-0.25, -0.2) is 0 Å². The molecule has 0 aliphatic heterocycles. The highest BCUT2D eigenvalue weighted by Crippen LogP contribution is 2.52. The van der Waals surface area contributed by atoms with Crippen molar-refractivity contribution >= 4 is 40.6 Å². The summed E-state index contributed by atoms with van der Waals surface area (Å²) < 4.78 is 10.3. The molecular formula is C10H11Cl3O3. The number of carbonyl (C=O) groups is 1. The fraction of sp³-hybridized carbons (Fsp3) is 0.500. The van der Waals surface area contributed by atoms with Crippen LogP contribution in [0.25, 0.3) is 0 Å². The van der Waals surface area contributed by atoms with Gasteiger partial charge in [-0.1, -0.05) is 29.3 Å². The van der Waals surface area contributed by atoms with E-state index in [0.29, 0.717) is 0 Å². The summed E-state index contributed by atoms with van der Waals surface area (Å²) in [6.07, 6.45) is 1.61. The van der Waals surface area contributed by atoms with Gasteiger partial charge in [0.05, 0.1) is 0 Å². The normalized spacial score (nSPS) is 28.7. The first-order chi connectivity index (χ1) is 7.41. The highest BCUT2D eigenvalue weighted by atomic mass is 35.5. The lowest BCUT2D eigenvalue weighted by Crippen LogP contribution is -2.53. The molecular weight excluding hydrogens is 274 g/mol. The second-order valence-corrected chi connectivity index (χ2v) is 4.68. The second-order valence-electron chi connectivity index (χ2n) is 3.28. The number of ketones is 1. The summed E-state index contributed by atoms with van der Waals surface area (Å²) in [7, 11) is 2.68. The Kier molecular flexibility index (Phi) is 4.08. The first-order valence-electron chi connectivity index (χ1n) is 4.42. The third-order valence-corrected chi connectivity index (χ3v) is 4.03. The van der Waals surface area contributed by atoms with Crippen LogP contribution in [0.4, 0.5) is 0 Å². The Balaban J connectivity index is 3.40. The van der Waals surface area contributed by atoms with Gasteiger partial charge in [-0.2, -0.15) is 0 Å². The maximum Gasteiger partial charge on any atom is 0.234 e. The maximum absolute atomic E-state index is 11.9. The summed E-state index contributed by atoms with van der Waals surface area (Å²) in [5.74, 6) is -2.08. The van der Waals surface area contributed by atoms with Crippen molar-refractivity contribution in [1.29, 1.82) is 0 Å². The number of Topliss-reactive ketones (excluding diaryl/α,β-unsaturated/α-hetero) is 1. The van der Waals surface area contributed by atoms with Crippen LogP contribution in [0.3, 0.4) is 0 Å². The van der Waals surface area contributed by atoms with Crippen molar-refractivity contribution in [2.24, 2.45) is 0 Å². The zero-order valence-corrected chi connectivity index (χ0v) is 11.1. The van der Waals surface area contributed by atoms with Gasteiger partial charge in [-0.05, 0) is 6.42 Å². The lowest BCUT2D eigenvalue weighted by atomic mass is 9.95. The molecule has 0 aromatic rings. The Morgan fingerprint density at radius 1 is 1.38 bits per heavy atom. The van der Waals surface area contributed by atoms with Gasteiger partial charge in [-0.15, -0.1) is 18.2 Å². The third-order valence-electron chi connectivity index (χ3n) is 2.56. The molecule has 3 nitrogen and oxygen atoms in total. The largest absolute Gasteiger partial charge is 0.347 e. The molecule has 1 atom stereocenters. The highest BCUT2D eigenvalue weighted by Gasteiger charge is 2.65. The summed E-state index contributed by atoms with van der Waals surface area (Å²) in [5, 5.41) is -0.205. The average molecular weight is 286 g/mol. The quantitative estimate of drug-likeness (QED) is 0.453. The van der Waals surface area contributed by atoms with Crippen molar-refractivity contribution in [2.45, 2.75) is 17.1 Å². The number of rotatable bonds is 4. The molecule has 90 valence electrons. The van der Waals surface area contributed by atoms with E-state index in [9.17, 15) is 4.79 Å². The number of allylic oxidation sites excluding steroid dienone is 2. The third kappa shape index (κ3) is 1.54. The molecule has 0 bridgehead atoms. The van der Waals surface area contributed by atoms with Crippen LogP contribution in [0.5, 0.6) is 0 Å². The summed E-state index contributed by atoms with van der Waals surface area (Å²) in [4.78, 5) is 10.4. The van der Waals surface area contributed by atoms with Crippen LogP contribution in [0.2, 0.25) is 0 Å². The van der Waals surface area contributed by atoms with Crippen molar-refractivity contribution in [3.63, 3.8) is 0 Å². The molecule has 0 radical (unpaired) electrons. The van der Waals surface area contributed by atoms with Crippen molar-refractivity contribution in [2.75, 3.05) is 14.2 Å². The van der Waals surface area contributed by atoms with Gasteiger partial charge >= 0.3 is 0 Å². The molecule has 6 heteroatoms. The van der Waals surface area contributed by atoms with Crippen LogP contribution >= 0.6 is 34.8 Å². The van der Waals surface area contributed by atoms with Gasteiger partial charge in [0.2, 0.25) is 11.6 Å². The second kappa shape index (κ2) is 4.67. The van der Waals surface area contributed by atoms with E-state index in [-0.39, 0.29) is 16.5 Å². The van der Waals surface area contributed by atoms with Crippen LogP contribution in [-0.4, -0.2) is 30.7 Å². The van der Waals surface area contributed by atoms with E-state index in [1.165, 1.54) is 20.3 Å². The number of halogens is 3. The Hall–Kier alpha value is -0.0600. The number of hydrogen-bond donors (Lipinski definition) is 0. The van der Waals surface area contributed by atoms with Crippen molar-refractivity contribution < 1.29 is 14.3 Å². The number of methoxy groups -OCH3 is 2. The van der Waals surface area contributed by atoms with Gasteiger partial charge in [0, 0.05) is 14.2 Å². The standard InChI is InChI=1S/C10H11Cl3O3/c1-4-5-9(13)8(14)6(11)7(12)10(9,15-2)16-3/h4H,1,5H2,2-3H3/t9-/m0/s1. The van der Waals surface area contributed by atoms with Gasteiger partial charge in [0.25, 0.3) is 0 Å². The van der Waals surface area contributed by atoms with Crippen molar-refractivity contribution in [3.8, 4) is 0 Å². The number of alkyl halides is 1. The molecule has 0 fully saturated rings. The number of ether oxygens (including phenoxy) is 2. The van der Waals surface area contributed by atoms with E-state index in [1.807, 2.05) is 0 Å². The molecule has 0 saturated heterocycles. The van der Waals surface area contributed by atoms with E-state index in [2.05, 4.69) is 6.58 Å². The molecule has 0 spiro atoms. The minimum atomic E-state index is -1.56. The molecule has 1 aliphatic rings. The van der Waals surface area contributed by atoms with E-state index >= 15 is 0 Å². The first-order valence-corrected chi connectivity index (χ1v) is 5.55. The minimum Gasteiger partial charge on any atom is -0.347 e. The van der Waals surface area contributed by atoms with E-state index in [4.69, 9.17) is 44.3 Å². The fourth-order valence-electron chi connectivity index (χ4n) is 1.75.